The van der Waals surface area contributed by atoms with Gasteiger partial charge < -0.3 is 15.8 Å². The Morgan fingerprint density at radius 1 is 1.47 bits per heavy atom. The molecule has 1 unspecified atom stereocenters. The first-order valence-electron chi connectivity index (χ1n) is 6.00. The van der Waals surface area contributed by atoms with E-state index in [4.69, 9.17) is 10.5 Å². The van der Waals surface area contributed by atoms with Gasteiger partial charge in [-0.15, -0.1) is 0 Å². The van der Waals surface area contributed by atoms with Crippen molar-refractivity contribution in [3.63, 3.8) is 0 Å². The van der Waals surface area contributed by atoms with Gasteiger partial charge in [0.25, 0.3) is 5.91 Å². The summed E-state index contributed by atoms with van der Waals surface area (Å²) < 4.78 is 5.55. The lowest BCUT2D eigenvalue weighted by atomic mass is 9.97. The molecule has 0 radical (unpaired) electrons. The number of rotatable bonds is 4. The van der Waals surface area contributed by atoms with Crippen LogP contribution in [0.1, 0.15) is 23.7 Å². The summed E-state index contributed by atoms with van der Waals surface area (Å²) >= 11 is 0. The molecule has 17 heavy (non-hydrogen) atoms. The molecule has 2 rings (SSSR count). The summed E-state index contributed by atoms with van der Waals surface area (Å²) in [5, 5.41) is 2.85. The fourth-order valence-electron chi connectivity index (χ4n) is 2.02. The summed E-state index contributed by atoms with van der Waals surface area (Å²) in [7, 11) is 0. The highest BCUT2D eigenvalue weighted by Crippen LogP contribution is 2.26. The lowest BCUT2D eigenvalue weighted by Crippen LogP contribution is -2.34. The predicted molar refractivity (Wildman–Crippen MR) is 65.5 cm³/mol. The molecule has 1 aromatic carbocycles. The van der Waals surface area contributed by atoms with Gasteiger partial charge in [0.1, 0.15) is 0 Å². The number of carbonyl (C=O) groups is 1. The average Bonchev–Trinajstić information content (AvgIpc) is 2.38. The molecule has 0 fully saturated rings. The van der Waals surface area contributed by atoms with Crippen LogP contribution >= 0.6 is 0 Å². The van der Waals surface area contributed by atoms with Crippen LogP contribution in [0.4, 0.5) is 0 Å². The minimum absolute atomic E-state index is 0.0643. The summed E-state index contributed by atoms with van der Waals surface area (Å²) in [6, 6.07) is 7.95. The number of hydrogen-bond acceptors (Lipinski definition) is 3. The van der Waals surface area contributed by atoms with E-state index >= 15 is 0 Å². The Balaban J connectivity index is 2.05. The molecule has 0 saturated heterocycles. The van der Waals surface area contributed by atoms with Crippen LogP contribution in [0, 0.1) is 0 Å². The molecule has 0 aromatic heterocycles. The van der Waals surface area contributed by atoms with Gasteiger partial charge in [-0.05, 0) is 30.5 Å². The Labute approximate surface area is 101 Å². The van der Waals surface area contributed by atoms with E-state index in [1.807, 2.05) is 18.2 Å². The van der Waals surface area contributed by atoms with Crippen molar-refractivity contribution in [3.05, 3.63) is 35.4 Å². The Kier molecular flexibility index (Phi) is 4.12. The van der Waals surface area contributed by atoms with Gasteiger partial charge in [0.15, 0.2) is 6.10 Å². The molecule has 1 aliphatic heterocycles. The lowest BCUT2D eigenvalue weighted by molar-refractivity contribution is -0.134. The van der Waals surface area contributed by atoms with E-state index in [-0.39, 0.29) is 5.91 Å². The third kappa shape index (κ3) is 2.84. The van der Waals surface area contributed by atoms with Crippen LogP contribution in [0.5, 0.6) is 0 Å². The molecule has 1 aromatic rings. The molecule has 1 aliphatic rings. The zero-order valence-corrected chi connectivity index (χ0v) is 9.82. The molecular formula is C13H18N2O2. The van der Waals surface area contributed by atoms with Crippen LogP contribution in [0.25, 0.3) is 0 Å². The number of hydrogen-bond donors (Lipinski definition) is 2. The van der Waals surface area contributed by atoms with E-state index in [9.17, 15) is 4.79 Å². The fraction of sp³-hybridized carbons (Fsp3) is 0.462. The first-order valence-corrected chi connectivity index (χ1v) is 6.00. The molecule has 92 valence electrons. The Morgan fingerprint density at radius 2 is 2.29 bits per heavy atom. The molecular weight excluding hydrogens is 216 g/mol. The van der Waals surface area contributed by atoms with E-state index < -0.39 is 6.10 Å². The second-order valence-corrected chi connectivity index (χ2v) is 4.13. The number of ether oxygens (including phenoxy) is 1. The molecule has 0 saturated carbocycles. The van der Waals surface area contributed by atoms with Crippen LogP contribution < -0.4 is 11.1 Å². The SMILES string of the molecule is NCCCNC(=O)C1OCCc2ccccc21. The van der Waals surface area contributed by atoms with Crippen molar-refractivity contribution in [2.75, 3.05) is 19.7 Å². The number of nitrogens with one attached hydrogen (secondary N) is 1. The van der Waals surface area contributed by atoms with Gasteiger partial charge in [-0.2, -0.15) is 0 Å². The molecule has 0 spiro atoms. The minimum Gasteiger partial charge on any atom is -0.363 e. The van der Waals surface area contributed by atoms with Crippen molar-refractivity contribution in [3.8, 4) is 0 Å². The van der Waals surface area contributed by atoms with Crippen LogP contribution in [0.15, 0.2) is 24.3 Å². The second kappa shape index (κ2) is 5.80. The van der Waals surface area contributed by atoms with Crippen molar-refractivity contribution in [2.24, 2.45) is 5.73 Å². The van der Waals surface area contributed by atoms with Gasteiger partial charge in [0.2, 0.25) is 0 Å². The number of carbonyl (C=O) groups excluding carboxylic acids is 1. The van der Waals surface area contributed by atoms with Crippen LogP contribution in [0.3, 0.4) is 0 Å². The standard InChI is InChI=1S/C13H18N2O2/c14-7-3-8-15-13(16)12-11-5-2-1-4-10(11)6-9-17-12/h1-2,4-5,12H,3,6-9,14H2,(H,15,16). The summed E-state index contributed by atoms with van der Waals surface area (Å²) in [6.45, 7) is 1.80. The van der Waals surface area contributed by atoms with E-state index in [2.05, 4.69) is 11.4 Å². The van der Waals surface area contributed by atoms with Crippen LogP contribution in [-0.4, -0.2) is 25.6 Å². The maximum absolute atomic E-state index is 12.0. The summed E-state index contributed by atoms with van der Waals surface area (Å²) in [6.07, 6.45) is 1.21. The van der Waals surface area contributed by atoms with Gasteiger partial charge in [0, 0.05) is 6.54 Å². The Hall–Kier alpha value is -1.39. The molecule has 0 aliphatic carbocycles. The van der Waals surface area contributed by atoms with Gasteiger partial charge in [0.05, 0.1) is 6.61 Å². The molecule has 3 N–H and O–H groups in total. The molecule has 4 nitrogen and oxygen atoms in total. The largest absolute Gasteiger partial charge is 0.363 e. The lowest BCUT2D eigenvalue weighted by Gasteiger charge is -2.25. The molecule has 1 heterocycles. The van der Waals surface area contributed by atoms with E-state index in [1.165, 1.54) is 5.56 Å². The summed E-state index contributed by atoms with van der Waals surface area (Å²) in [5.74, 6) is -0.0643. The highest BCUT2D eigenvalue weighted by molar-refractivity contribution is 5.82. The number of benzene rings is 1. The highest BCUT2D eigenvalue weighted by atomic mass is 16.5. The second-order valence-electron chi connectivity index (χ2n) is 4.13. The Bertz CT molecular complexity index is 393. The average molecular weight is 234 g/mol. The highest BCUT2D eigenvalue weighted by Gasteiger charge is 2.26. The van der Waals surface area contributed by atoms with Crippen molar-refractivity contribution in [2.45, 2.75) is 18.9 Å². The van der Waals surface area contributed by atoms with E-state index in [0.717, 1.165) is 18.4 Å². The number of fused-ring (bicyclic) bond motifs is 1. The van der Waals surface area contributed by atoms with Crippen molar-refractivity contribution in [1.29, 1.82) is 0 Å². The van der Waals surface area contributed by atoms with Crippen molar-refractivity contribution < 1.29 is 9.53 Å². The first kappa shape index (κ1) is 12.1. The number of nitrogens with two attached hydrogens (primary N) is 1. The van der Waals surface area contributed by atoms with Crippen molar-refractivity contribution in [1.82, 2.24) is 5.32 Å². The quantitative estimate of drug-likeness (QED) is 0.756. The summed E-state index contributed by atoms with van der Waals surface area (Å²) in [5.41, 5.74) is 7.58. The zero-order valence-electron chi connectivity index (χ0n) is 9.82. The zero-order chi connectivity index (χ0) is 12.1. The minimum atomic E-state index is -0.460. The summed E-state index contributed by atoms with van der Waals surface area (Å²) in [4.78, 5) is 12.0. The molecule has 1 atom stereocenters. The van der Waals surface area contributed by atoms with Gasteiger partial charge in [-0.25, -0.2) is 0 Å². The fourth-order valence-corrected chi connectivity index (χ4v) is 2.02. The normalized spacial score (nSPS) is 18.5. The van der Waals surface area contributed by atoms with Crippen LogP contribution in [-0.2, 0) is 16.0 Å². The smallest absolute Gasteiger partial charge is 0.253 e. The maximum Gasteiger partial charge on any atom is 0.253 e. The van der Waals surface area contributed by atoms with Gasteiger partial charge in [-0.1, -0.05) is 24.3 Å². The molecule has 1 amide bonds. The first-order chi connectivity index (χ1) is 8.33. The third-order valence-corrected chi connectivity index (χ3v) is 2.91. The molecule has 0 bridgehead atoms. The monoisotopic (exact) mass is 234 g/mol. The van der Waals surface area contributed by atoms with Gasteiger partial charge >= 0.3 is 0 Å². The van der Waals surface area contributed by atoms with Gasteiger partial charge in [-0.3, -0.25) is 4.79 Å². The van der Waals surface area contributed by atoms with Crippen molar-refractivity contribution >= 4 is 5.91 Å². The third-order valence-electron chi connectivity index (χ3n) is 2.91. The Morgan fingerprint density at radius 3 is 3.12 bits per heavy atom. The van der Waals surface area contributed by atoms with E-state index in [1.54, 1.807) is 0 Å². The predicted octanol–water partition coefficient (Wildman–Crippen LogP) is 0.765. The number of amides is 1. The van der Waals surface area contributed by atoms with Crippen LogP contribution in [0.2, 0.25) is 0 Å². The maximum atomic E-state index is 12.0. The topological polar surface area (TPSA) is 64.3 Å². The van der Waals surface area contributed by atoms with E-state index in [0.29, 0.717) is 19.7 Å². The molecule has 4 heteroatoms.